The van der Waals surface area contributed by atoms with E-state index in [2.05, 4.69) is 5.32 Å². The Morgan fingerprint density at radius 1 is 1.06 bits per heavy atom. The minimum Gasteiger partial charge on any atom is -0.496 e. The lowest BCUT2D eigenvalue weighted by Crippen LogP contribution is -2.48. The fourth-order valence-electron chi connectivity index (χ4n) is 6.73. The van der Waals surface area contributed by atoms with E-state index >= 15 is 0 Å². The van der Waals surface area contributed by atoms with E-state index in [1.807, 2.05) is 23.1 Å². The summed E-state index contributed by atoms with van der Waals surface area (Å²) < 4.78 is 5.47. The number of carbonyl (C=O) groups excluding carboxylic acids is 3. The maximum absolute atomic E-state index is 13.3. The smallest absolute Gasteiger partial charge is 0.255 e. The van der Waals surface area contributed by atoms with Crippen LogP contribution in [0.25, 0.3) is 0 Å². The van der Waals surface area contributed by atoms with Crippen molar-refractivity contribution in [2.24, 2.45) is 29.4 Å². The average Bonchev–Trinajstić information content (AvgIpc) is 3.40. The first kappa shape index (κ1) is 23.1. The zero-order valence-corrected chi connectivity index (χ0v) is 19.7. The molecule has 4 aliphatic rings. The van der Waals surface area contributed by atoms with Crippen molar-refractivity contribution in [3.05, 3.63) is 29.3 Å². The molecular formula is C26H35N3O5. The van der Waals surface area contributed by atoms with E-state index in [1.54, 1.807) is 7.11 Å². The molecule has 8 nitrogen and oxygen atoms in total. The van der Waals surface area contributed by atoms with Crippen LogP contribution in [0.3, 0.4) is 0 Å². The highest BCUT2D eigenvalue weighted by Gasteiger charge is 2.51. The third-order valence-electron chi connectivity index (χ3n) is 8.75. The van der Waals surface area contributed by atoms with Crippen LogP contribution in [0.2, 0.25) is 0 Å². The van der Waals surface area contributed by atoms with Gasteiger partial charge in [-0.3, -0.25) is 14.4 Å². The monoisotopic (exact) mass is 469 g/mol. The number of nitrogens with one attached hydrogen (secondary N) is 1. The molecule has 184 valence electrons. The lowest BCUT2D eigenvalue weighted by Gasteiger charge is -2.39. The summed E-state index contributed by atoms with van der Waals surface area (Å²) in [6, 6.07) is 5.45. The first-order chi connectivity index (χ1) is 16.4. The molecule has 8 heteroatoms. The number of rotatable bonds is 6. The molecule has 1 aromatic carbocycles. The number of primary amides is 1. The van der Waals surface area contributed by atoms with Gasteiger partial charge in [0.25, 0.3) is 5.91 Å². The summed E-state index contributed by atoms with van der Waals surface area (Å²) in [6.07, 6.45) is 5.51. The second-order valence-corrected chi connectivity index (χ2v) is 10.6. The molecule has 4 atom stereocenters. The fraction of sp³-hybridized carbons (Fsp3) is 0.654. The van der Waals surface area contributed by atoms with Crippen molar-refractivity contribution in [3.8, 4) is 5.75 Å². The SMILES string of the molecule is COc1ccc(C2CC(C(=O)N3CCC(O)CC3)C2)cc1C(=O)NC1C2CCC(C2)C1C(N)=O. The molecule has 0 radical (unpaired) electrons. The van der Waals surface area contributed by atoms with Crippen molar-refractivity contribution in [3.63, 3.8) is 0 Å². The number of carbonyl (C=O) groups is 3. The van der Waals surface area contributed by atoms with E-state index < -0.39 is 0 Å². The standard InChI is InChI=1S/C26H35N3O5/c1-34-21-5-4-14(17-11-18(12-17)26(33)29-8-6-19(30)7-9-29)13-20(21)25(32)28-23-16-3-2-15(10-16)22(23)24(27)31/h4-5,13,15-19,22-23,30H,2-3,6-12H2,1H3,(H2,27,31)(H,28,32). The van der Waals surface area contributed by atoms with E-state index in [4.69, 9.17) is 10.5 Å². The van der Waals surface area contributed by atoms with Gasteiger partial charge in [0.2, 0.25) is 11.8 Å². The Kier molecular flexibility index (Phi) is 6.27. The molecule has 0 aromatic heterocycles. The molecule has 4 fully saturated rings. The summed E-state index contributed by atoms with van der Waals surface area (Å²) >= 11 is 0. The van der Waals surface area contributed by atoms with Gasteiger partial charge in [0, 0.05) is 25.0 Å². The summed E-state index contributed by atoms with van der Waals surface area (Å²) in [5.74, 6) is 0.623. The maximum Gasteiger partial charge on any atom is 0.255 e. The van der Waals surface area contributed by atoms with Gasteiger partial charge in [-0.05, 0) is 80.4 Å². The van der Waals surface area contributed by atoms with E-state index in [9.17, 15) is 19.5 Å². The van der Waals surface area contributed by atoms with Gasteiger partial charge in [-0.15, -0.1) is 0 Å². The number of piperidine rings is 1. The molecule has 1 aliphatic heterocycles. The van der Waals surface area contributed by atoms with E-state index in [1.165, 1.54) is 0 Å². The van der Waals surface area contributed by atoms with Crippen molar-refractivity contribution in [2.45, 2.75) is 63.0 Å². The molecule has 1 aromatic rings. The lowest BCUT2D eigenvalue weighted by molar-refractivity contribution is -0.140. The molecule has 4 N–H and O–H groups in total. The first-order valence-corrected chi connectivity index (χ1v) is 12.6. The molecule has 2 bridgehead atoms. The molecule has 0 spiro atoms. The number of likely N-dealkylation sites (tertiary alicyclic amines) is 1. The maximum atomic E-state index is 13.3. The normalized spacial score (nSPS) is 32.8. The third kappa shape index (κ3) is 4.17. The van der Waals surface area contributed by atoms with Crippen LogP contribution in [0, 0.1) is 23.7 Å². The Balaban J connectivity index is 1.25. The quantitative estimate of drug-likeness (QED) is 0.587. The summed E-state index contributed by atoms with van der Waals surface area (Å²) in [5.41, 5.74) is 7.17. The topological polar surface area (TPSA) is 122 Å². The first-order valence-electron chi connectivity index (χ1n) is 12.6. The predicted octanol–water partition coefficient (Wildman–Crippen LogP) is 1.80. The number of fused-ring (bicyclic) bond motifs is 2. The minimum atomic E-state index is -0.327. The van der Waals surface area contributed by atoms with Crippen molar-refractivity contribution in [2.75, 3.05) is 20.2 Å². The highest BCUT2D eigenvalue weighted by molar-refractivity contribution is 5.98. The van der Waals surface area contributed by atoms with Crippen LogP contribution in [0.5, 0.6) is 5.75 Å². The number of amides is 3. The van der Waals surface area contributed by atoms with Crippen LogP contribution in [0.15, 0.2) is 18.2 Å². The fourth-order valence-corrected chi connectivity index (χ4v) is 6.73. The molecule has 34 heavy (non-hydrogen) atoms. The minimum absolute atomic E-state index is 0.00462. The van der Waals surface area contributed by atoms with Crippen molar-refractivity contribution < 1.29 is 24.2 Å². The van der Waals surface area contributed by atoms with Gasteiger partial charge in [0.1, 0.15) is 5.75 Å². The van der Waals surface area contributed by atoms with Gasteiger partial charge in [0.05, 0.1) is 24.7 Å². The van der Waals surface area contributed by atoms with E-state index in [0.29, 0.717) is 43.2 Å². The van der Waals surface area contributed by atoms with Gasteiger partial charge < -0.3 is 25.8 Å². The number of methoxy groups -OCH3 is 1. The number of aliphatic hydroxyl groups excluding tert-OH is 1. The van der Waals surface area contributed by atoms with Gasteiger partial charge >= 0.3 is 0 Å². The number of aliphatic hydroxyl groups is 1. The summed E-state index contributed by atoms with van der Waals surface area (Å²) in [5, 5.41) is 12.8. The number of hydrogen-bond donors (Lipinski definition) is 3. The highest BCUT2D eigenvalue weighted by Crippen LogP contribution is 2.49. The zero-order chi connectivity index (χ0) is 24.0. The molecule has 5 rings (SSSR count). The number of ether oxygens (including phenoxy) is 1. The van der Waals surface area contributed by atoms with Crippen LogP contribution < -0.4 is 15.8 Å². The summed E-state index contributed by atoms with van der Waals surface area (Å²) in [7, 11) is 1.54. The molecule has 3 amide bonds. The van der Waals surface area contributed by atoms with Crippen LogP contribution in [0.4, 0.5) is 0 Å². The molecule has 1 heterocycles. The molecule has 1 saturated heterocycles. The average molecular weight is 470 g/mol. The molecule has 3 saturated carbocycles. The van der Waals surface area contributed by atoms with E-state index in [-0.39, 0.29) is 53.5 Å². The predicted molar refractivity (Wildman–Crippen MR) is 125 cm³/mol. The van der Waals surface area contributed by atoms with Gasteiger partial charge in [-0.1, -0.05) is 6.07 Å². The van der Waals surface area contributed by atoms with Crippen molar-refractivity contribution in [1.29, 1.82) is 0 Å². The number of nitrogens with zero attached hydrogens (tertiary/aromatic N) is 1. The van der Waals surface area contributed by atoms with Gasteiger partial charge in [-0.2, -0.15) is 0 Å². The Hall–Kier alpha value is -2.61. The van der Waals surface area contributed by atoms with Crippen LogP contribution in [-0.2, 0) is 9.59 Å². The highest BCUT2D eigenvalue weighted by atomic mass is 16.5. The Bertz CT molecular complexity index is 967. The van der Waals surface area contributed by atoms with Gasteiger partial charge in [-0.25, -0.2) is 0 Å². The summed E-state index contributed by atoms with van der Waals surface area (Å²) in [6.45, 7) is 1.26. The molecule has 3 aliphatic carbocycles. The second-order valence-electron chi connectivity index (χ2n) is 10.6. The van der Waals surface area contributed by atoms with Crippen molar-refractivity contribution in [1.82, 2.24) is 10.2 Å². The summed E-state index contributed by atoms with van der Waals surface area (Å²) in [4.78, 5) is 40.0. The molecule has 4 unspecified atom stereocenters. The number of nitrogens with two attached hydrogens (primary N) is 1. The third-order valence-corrected chi connectivity index (χ3v) is 8.75. The Labute approximate surface area is 200 Å². The van der Waals surface area contributed by atoms with Crippen molar-refractivity contribution >= 4 is 17.7 Å². The van der Waals surface area contributed by atoms with Crippen LogP contribution in [0.1, 0.15) is 66.8 Å². The zero-order valence-electron chi connectivity index (χ0n) is 19.7. The largest absolute Gasteiger partial charge is 0.496 e. The Morgan fingerprint density at radius 3 is 2.44 bits per heavy atom. The number of benzene rings is 1. The van der Waals surface area contributed by atoms with E-state index in [0.717, 1.165) is 37.7 Å². The lowest BCUT2D eigenvalue weighted by atomic mass is 9.70. The Morgan fingerprint density at radius 2 is 1.76 bits per heavy atom. The van der Waals surface area contributed by atoms with Crippen LogP contribution >= 0.6 is 0 Å². The second kappa shape index (κ2) is 9.21. The van der Waals surface area contributed by atoms with Crippen LogP contribution in [-0.4, -0.2) is 60.1 Å². The van der Waals surface area contributed by atoms with Gasteiger partial charge in [0.15, 0.2) is 0 Å². The molecular weight excluding hydrogens is 434 g/mol. The number of hydrogen-bond acceptors (Lipinski definition) is 5.